The molecule has 0 fully saturated rings. The molecule has 13 heavy (non-hydrogen) atoms. The first-order chi connectivity index (χ1) is 6.14. The van der Waals surface area contributed by atoms with Gasteiger partial charge in [-0.05, 0) is 18.1 Å². The first kappa shape index (κ1) is 12.8. The number of carbonyl (C=O) groups excluding carboxylic acids is 1. The van der Waals surface area contributed by atoms with Crippen LogP contribution in [0.2, 0.25) is 18.1 Å². The van der Waals surface area contributed by atoms with Gasteiger partial charge < -0.3 is 9.22 Å². The van der Waals surface area contributed by atoms with Crippen molar-refractivity contribution in [3.05, 3.63) is 0 Å². The molecule has 0 rings (SSSR count). The van der Waals surface area contributed by atoms with Crippen LogP contribution in [0.15, 0.2) is 0 Å². The van der Waals surface area contributed by atoms with E-state index in [2.05, 4.69) is 20.8 Å². The van der Waals surface area contributed by atoms with Crippen LogP contribution in [-0.4, -0.2) is 21.2 Å². The van der Waals surface area contributed by atoms with Crippen LogP contribution < -0.4 is 0 Å². The summed E-state index contributed by atoms with van der Waals surface area (Å²) >= 11 is 0. The molecular formula is C10H22O2Si. The Morgan fingerprint density at radius 1 is 1.23 bits per heavy atom. The van der Waals surface area contributed by atoms with E-state index in [-0.39, 0.29) is 5.92 Å². The van der Waals surface area contributed by atoms with Gasteiger partial charge in [0.15, 0.2) is 8.32 Å². The van der Waals surface area contributed by atoms with Crippen molar-refractivity contribution in [2.24, 2.45) is 5.92 Å². The minimum Gasteiger partial charge on any atom is -0.416 e. The highest BCUT2D eigenvalue weighted by molar-refractivity contribution is 6.73. The van der Waals surface area contributed by atoms with Crippen molar-refractivity contribution in [3.63, 3.8) is 0 Å². The SMILES string of the molecule is CC[Si](CC)(CC)OC[C@H](C)C=O. The number of hydrogen-bond donors (Lipinski definition) is 0. The molecule has 0 saturated carbocycles. The molecular weight excluding hydrogens is 180 g/mol. The van der Waals surface area contributed by atoms with Crippen LogP contribution in [0.1, 0.15) is 27.7 Å². The second kappa shape index (κ2) is 6.32. The summed E-state index contributed by atoms with van der Waals surface area (Å²) < 4.78 is 5.94. The lowest BCUT2D eigenvalue weighted by atomic mass is 10.2. The first-order valence-corrected chi connectivity index (χ1v) is 7.76. The van der Waals surface area contributed by atoms with Gasteiger partial charge in [-0.25, -0.2) is 0 Å². The molecule has 0 heterocycles. The van der Waals surface area contributed by atoms with Gasteiger partial charge in [0, 0.05) is 12.5 Å². The maximum Gasteiger partial charge on any atom is 0.192 e. The topological polar surface area (TPSA) is 26.3 Å². The zero-order chi connectivity index (χ0) is 10.3. The van der Waals surface area contributed by atoms with E-state index in [1.54, 1.807) is 0 Å². The average molecular weight is 202 g/mol. The highest BCUT2D eigenvalue weighted by atomic mass is 28.4. The van der Waals surface area contributed by atoms with E-state index < -0.39 is 8.32 Å². The number of aldehydes is 1. The Morgan fingerprint density at radius 2 is 1.69 bits per heavy atom. The molecule has 1 atom stereocenters. The highest BCUT2D eigenvalue weighted by Gasteiger charge is 2.28. The maximum absolute atomic E-state index is 10.4. The molecule has 0 aliphatic heterocycles. The Hall–Kier alpha value is -0.153. The molecule has 3 heteroatoms. The molecule has 0 unspecified atom stereocenters. The minimum absolute atomic E-state index is 0.0523. The molecule has 0 bridgehead atoms. The van der Waals surface area contributed by atoms with E-state index in [0.717, 1.165) is 24.4 Å². The summed E-state index contributed by atoms with van der Waals surface area (Å²) in [5.74, 6) is 0.0523. The summed E-state index contributed by atoms with van der Waals surface area (Å²) in [6.45, 7) is 9.12. The van der Waals surface area contributed by atoms with Gasteiger partial charge in [0.25, 0.3) is 0 Å². The van der Waals surface area contributed by atoms with Crippen molar-refractivity contribution in [1.29, 1.82) is 0 Å². The third kappa shape index (κ3) is 4.05. The fourth-order valence-electron chi connectivity index (χ4n) is 1.40. The number of hydrogen-bond acceptors (Lipinski definition) is 2. The van der Waals surface area contributed by atoms with E-state index in [4.69, 9.17) is 4.43 Å². The summed E-state index contributed by atoms with van der Waals surface area (Å²) in [5, 5.41) is 0. The summed E-state index contributed by atoms with van der Waals surface area (Å²) in [6.07, 6.45) is 0.972. The van der Waals surface area contributed by atoms with E-state index >= 15 is 0 Å². The monoisotopic (exact) mass is 202 g/mol. The Kier molecular flexibility index (Phi) is 6.25. The second-order valence-electron chi connectivity index (χ2n) is 3.67. The van der Waals surface area contributed by atoms with Gasteiger partial charge in [0.05, 0.1) is 0 Å². The van der Waals surface area contributed by atoms with Crippen LogP contribution in [0.25, 0.3) is 0 Å². The highest BCUT2D eigenvalue weighted by Crippen LogP contribution is 2.21. The van der Waals surface area contributed by atoms with E-state index in [1.807, 2.05) is 6.92 Å². The van der Waals surface area contributed by atoms with Crippen LogP contribution >= 0.6 is 0 Å². The van der Waals surface area contributed by atoms with Gasteiger partial charge in [-0.2, -0.15) is 0 Å². The van der Waals surface area contributed by atoms with Gasteiger partial charge in [-0.3, -0.25) is 0 Å². The van der Waals surface area contributed by atoms with E-state index in [0.29, 0.717) is 6.61 Å². The lowest BCUT2D eigenvalue weighted by Crippen LogP contribution is -2.37. The third-order valence-electron chi connectivity index (χ3n) is 2.82. The van der Waals surface area contributed by atoms with Crippen LogP contribution in [0, 0.1) is 5.92 Å². The summed E-state index contributed by atoms with van der Waals surface area (Å²) in [6, 6.07) is 3.47. The van der Waals surface area contributed by atoms with Crippen LogP contribution in [0.4, 0.5) is 0 Å². The maximum atomic E-state index is 10.4. The van der Waals surface area contributed by atoms with Crippen LogP contribution in [-0.2, 0) is 9.22 Å². The average Bonchev–Trinajstić information content (AvgIpc) is 2.20. The van der Waals surface area contributed by atoms with Gasteiger partial charge in [-0.15, -0.1) is 0 Å². The van der Waals surface area contributed by atoms with Gasteiger partial charge in [-0.1, -0.05) is 27.7 Å². The van der Waals surface area contributed by atoms with Crippen molar-refractivity contribution in [2.45, 2.75) is 45.8 Å². The van der Waals surface area contributed by atoms with Crippen molar-refractivity contribution in [2.75, 3.05) is 6.61 Å². The molecule has 0 aromatic heterocycles. The molecule has 0 radical (unpaired) electrons. The zero-order valence-corrected chi connectivity index (χ0v) is 10.3. The Morgan fingerprint density at radius 3 is 2.00 bits per heavy atom. The van der Waals surface area contributed by atoms with Gasteiger partial charge >= 0.3 is 0 Å². The molecule has 0 aromatic carbocycles. The standard InChI is InChI=1S/C10H22O2Si/c1-5-13(6-2,7-3)12-9-10(4)8-11/h8,10H,5-7,9H2,1-4H3/t10-/m1/s1. The van der Waals surface area contributed by atoms with Crippen molar-refractivity contribution in [3.8, 4) is 0 Å². The van der Waals surface area contributed by atoms with Crippen LogP contribution in [0.5, 0.6) is 0 Å². The summed E-state index contributed by atoms with van der Waals surface area (Å²) in [4.78, 5) is 10.4. The molecule has 0 aliphatic rings. The fraction of sp³-hybridized carbons (Fsp3) is 0.900. The molecule has 0 aliphatic carbocycles. The Balaban J connectivity index is 4.02. The lowest BCUT2D eigenvalue weighted by Gasteiger charge is -2.28. The minimum atomic E-state index is -1.46. The Labute approximate surface area is 82.8 Å². The van der Waals surface area contributed by atoms with Gasteiger partial charge in [0.1, 0.15) is 6.29 Å². The van der Waals surface area contributed by atoms with Crippen molar-refractivity contribution >= 4 is 14.6 Å². The smallest absolute Gasteiger partial charge is 0.192 e. The van der Waals surface area contributed by atoms with E-state index in [9.17, 15) is 4.79 Å². The lowest BCUT2D eigenvalue weighted by molar-refractivity contribution is -0.111. The number of rotatable bonds is 7. The second-order valence-corrected chi connectivity index (χ2v) is 8.44. The van der Waals surface area contributed by atoms with Crippen LogP contribution in [0.3, 0.4) is 0 Å². The molecule has 0 spiro atoms. The molecule has 78 valence electrons. The predicted molar refractivity (Wildman–Crippen MR) is 58.4 cm³/mol. The predicted octanol–water partition coefficient (Wildman–Crippen LogP) is 2.84. The first-order valence-electron chi connectivity index (χ1n) is 5.23. The summed E-state index contributed by atoms with van der Waals surface area (Å²) in [7, 11) is -1.46. The summed E-state index contributed by atoms with van der Waals surface area (Å²) in [5.41, 5.74) is 0. The van der Waals surface area contributed by atoms with E-state index in [1.165, 1.54) is 0 Å². The molecule has 0 amide bonds. The molecule has 0 N–H and O–H groups in total. The third-order valence-corrected chi connectivity index (χ3v) is 7.46. The molecule has 0 aromatic rings. The normalized spacial score (nSPS) is 14.2. The largest absolute Gasteiger partial charge is 0.416 e. The number of carbonyl (C=O) groups is 1. The van der Waals surface area contributed by atoms with Crippen molar-refractivity contribution < 1.29 is 9.22 Å². The zero-order valence-electron chi connectivity index (χ0n) is 9.30. The fourth-order valence-corrected chi connectivity index (χ4v) is 4.13. The van der Waals surface area contributed by atoms with Crippen molar-refractivity contribution in [1.82, 2.24) is 0 Å². The molecule has 2 nitrogen and oxygen atoms in total. The quantitative estimate of drug-likeness (QED) is 0.469. The molecule has 0 saturated heterocycles. The Bertz CT molecular complexity index is 136. The van der Waals surface area contributed by atoms with Gasteiger partial charge in [0.2, 0.25) is 0 Å².